The number of carbonyl (C=O) groups excluding carboxylic acids is 1. The van der Waals surface area contributed by atoms with Gasteiger partial charge in [0.2, 0.25) is 0 Å². The number of pyridine rings is 1. The van der Waals surface area contributed by atoms with E-state index in [-0.39, 0.29) is 12.7 Å². The van der Waals surface area contributed by atoms with Gasteiger partial charge < -0.3 is 23.5 Å². The molecule has 0 bridgehead atoms. The van der Waals surface area contributed by atoms with Gasteiger partial charge in [0.1, 0.15) is 36.2 Å². The lowest BCUT2D eigenvalue weighted by atomic mass is 10.0. The average Bonchev–Trinajstić information content (AvgIpc) is 3.31. The molecule has 1 aromatic carbocycles. The Hall–Kier alpha value is -2.33. The van der Waals surface area contributed by atoms with Crippen molar-refractivity contribution in [3.8, 4) is 5.75 Å². The first-order valence-corrected chi connectivity index (χ1v) is 13.5. The molecule has 0 spiro atoms. The molecule has 4 rings (SSSR count). The molecule has 36 heavy (non-hydrogen) atoms. The molecule has 10 nitrogen and oxygen atoms in total. The number of carbonyl (C=O) groups is 1. The summed E-state index contributed by atoms with van der Waals surface area (Å²) in [5.41, 5.74) is 0.836. The maximum absolute atomic E-state index is 13.8. The number of hydrogen-bond acceptors (Lipinski definition) is 9. The minimum atomic E-state index is -4.05. The molecule has 2 aliphatic heterocycles. The van der Waals surface area contributed by atoms with E-state index in [2.05, 4.69) is 10.1 Å². The maximum atomic E-state index is 13.8. The fourth-order valence-corrected chi connectivity index (χ4v) is 5.64. The molecule has 1 N–H and O–H groups in total. The van der Waals surface area contributed by atoms with Gasteiger partial charge in [-0.05, 0) is 52.8 Å². The van der Waals surface area contributed by atoms with Crippen molar-refractivity contribution in [3.05, 3.63) is 60.4 Å². The third kappa shape index (κ3) is 6.51. The topological polar surface area (TPSA) is 114 Å². The van der Waals surface area contributed by atoms with E-state index in [9.17, 15) is 9.36 Å². The summed E-state index contributed by atoms with van der Waals surface area (Å²) in [6.07, 6.45) is 1.13. The van der Waals surface area contributed by atoms with Crippen LogP contribution < -0.4 is 9.61 Å². The number of rotatable bonds is 10. The van der Waals surface area contributed by atoms with Crippen molar-refractivity contribution in [2.45, 2.75) is 77.0 Å². The summed E-state index contributed by atoms with van der Waals surface area (Å²) in [4.78, 5) is 16.6. The Balaban J connectivity index is 1.51. The summed E-state index contributed by atoms with van der Waals surface area (Å²) in [5, 5.41) is 2.69. The minimum Gasteiger partial charge on any atom is -0.462 e. The Kier molecular flexibility index (Phi) is 8.14. The maximum Gasteiger partial charge on any atom is 0.459 e. The molecule has 0 saturated carbocycles. The number of para-hydroxylation sites is 1. The lowest BCUT2D eigenvalue weighted by molar-refractivity contribution is -0.190. The van der Waals surface area contributed by atoms with Gasteiger partial charge in [0.15, 0.2) is 5.79 Å². The fraction of sp³-hybridized carbons (Fsp3) is 0.520. The van der Waals surface area contributed by atoms with Crippen LogP contribution in [0.3, 0.4) is 0 Å². The Morgan fingerprint density at radius 2 is 1.83 bits per heavy atom. The van der Waals surface area contributed by atoms with Gasteiger partial charge in [0.05, 0.1) is 12.7 Å². The molecule has 2 aromatic rings. The highest BCUT2D eigenvalue weighted by Crippen LogP contribution is 2.49. The van der Waals surface area contributed by atoms with Crippen LogP contribution in [0.2, 0.25) is 0 Å². The van der Waals surface area contributed by atoms with Crippen LogP contribution in [0.4, 0.5) is 0 Å². The standard InChI is InChI=1S/C25H33N2O8P/c1-16(2)31-24(28)17(3)27-36(29,35-19-11-7-6-8-12-19)30-15-20-22-23(34-25(4,5)33-22)21(32-20)18-10-9-13-26-14-18/h6-14,16-17,20-23H,15H2,1-5H3,(H,27,29)/t17-,20-,21+,22-,23+,36-/m1/s1. The Morgan fingerprint density at radius 3 is 2.50 bits per heavy atom. The number of aromatic nitrogens is 1. The molecule has 1 aromatic heterocycles. The SMILES string of the molecule is CC(C)OC(=O)[C@@H](C)N[P@@](=O)(OC[C@H]1O[C@@H](c2cccnc2)[C@@H]2OC(C)(C)O[C@@H]21)Oc1ccccc1. The molecule has 0 radical (unpaired) electrons. The van der Waals surface area contributed by atoms with Crippen molar-refractivity contribution in [1.82, 2.24) is 10.1 Å². The first kappa shape index (κ1) is 26.7. The van der Waals surface area contributed by atoms with Gasteiger partial charge in [-0.15, -0.1) is 0 Å². The van der Waals surface area contributed by atoms with Crippen LogP contribution in [0.1, 0.15) is 46.3 Å². The van der Waals surface area contributed by atoms with E-state index in [0.29, 0.717) is 5.75 Å². The van der Waals surface area contributed by atoms with Gasteiger partial charge >= 0.3 is 13.7 Å². The van der Waals surface area contributed by atoms with Gasteiger partial charge in [-0.1, -0.05) is 24.3 Å². The molecule has 3 heterocycles. The number of nitrogens with zero attached hydrogens (tertiary/aromatic N) is 1. The van der Waals surface area contributed by atoms with Gasteiger partial charge in [-0.25, -0.2) is 4.57 Å². The van der Waals surface area contributed by atoms with Gasteiger partial charge in [0.25, 0.3) is 0 Å². The molecule has 0 unspecified atom stereocenters. The van der Waals surface area contributed by atoms with E-state index in [1.165, 1.54) is 6.92 Å². The predicted octanol–water partition coefficient (Wildman–Crippen LogP) is 4.18. The number of nitrogens with one attached hydrogen (secondary N) is 1. The summed E-state index contributed by atoms with van der Waals surface area (Å²) < 4.78 is 49.1. The van der Waals surface area contributed by atoms with Crippen LogP contribution in [0.15, 0.2) is 54.9 Å². The number of hydrogen-bond donors (Lipinski definition) is 1. The molecular weight excluding hydrogens is 487 g/mol. The zero-order valence-electron chi connectivity index (χ0n) is 21.0. The number of benzene rings is 1. The normalized spacial score (nSPS) is 27.3. The molecule has 6 atom stereocenters. The van der Waals surface area contributed by atoms with Crippen LogP contribution in [0, 0.1) is 0 Å². The minimum absolute atomic E-state index is 0.138. The fourth-order valence-electron chi connectivity index (χ4n) is 4.13. The summed E-state index contributed by atoms with van der Waals surface area (Å²) in [6.45, 7) is 8.53. The van der Waals surface area contributed by atoms with Crippen LogP contribution in [0.5, 0.6) is 5.75 Å². The molecular formula is C25H33N2O8P. The highest BCUT2D eigenvalue weighted by atomic mass is 31.2. The molecule has 0 aliphatic carbocycles. The predicted molar refractivity (Wildman–Crippen MR) is 130 cm³/mol. The number of fused-ring (bicyclic) bond motifs is 1. The van der Waals surface area contributed by atoms with Crippen molar-refractivity contribution in [1.29, 1.82) is 0 Å². The van der Waals surface area contributed by atoms with Crippen molar-refractivity contribution in [2.24, 2.45) is 0 Å². The third-order valence-corrected chi connectivity index (χ3v) is 7.24. The summed E-state index contributed by atoms with van der Waals surface area (Å²) >= 11 is 0. The van der Waals surface area contributed by atoms with Crippen LogP contribution in [-0.2, 0) is 32.8 Å². The van der Waals surface area contributed by atoms with Crippen molar-refractivity contribution >= 4 is 13.7 Å². The summed E-state index contributed by atoms with van der Waals surface area (Å²) in [5.74, 6) is -1.08. The number of ether oxygens (including phenoxy) is 4. The average molecular weight is 521 g/mol. The Labute approximate surface area is 211 Å². The monoisotopic (exact) mass is 520 g/mol. The molecule has 196 valence electrons. The summed E-state index contributed by atoms with van der Waals surface area (Å²) in [6, 6.07) is 11.3. The molecule has 2 saturated heterocycles. The quantitative estimate of drug-likeness (QED) is 0.362. The largest absolute Gasteiger partial charge is 0.462 e. The van der Waals surface area contributed by atoms with E-state index in [1.807, 2.05) is 26.0 Å². The van der Waals surface area contributed by atoms with Crippen LogP contribution in [-0.4, -0.2) is 53.8 Å². The first-order valence-electron chi connectivity index (χ1n) is 11.9. The van der Waals surface area contributed by atoms with Crippen molar-refractivity contribution in [3.63, 3.8) is 0 Å². The molecule has 0 amide bonds. The van der Waals surface area contributed by atoms with E-state index in [1.54, 1.807) is 56.6 Å². The smallest absolute Gasteiger partial charge is 0.459 e. The molecule has 2 aliphatic rings. The lowest BCUT2D eigenvalue weighted by Gasteiger charge is -2.26. The second-order valence-electron chi connectivity index (χ2n) is 9.48. The van der Waals surface area contributed by atoms with Gasteiger partial charge in [0, 0.05) is 18.0 Å². The van der Waals surface area contributed by atoms with E-state index in [4.69, 9.17) is 28.0 Å². The second kappa shape index (κ2) is 11.0. The highest BCUT2D eigenvalue weighted by molar-refractivity contribution is 7.52. The van der Waals surface area contributed by atoms with Crippen LogP contribution in [0.25, 0.3) is 0 Å². The van der Waals surface area contributed by atoms with E-state index >= 15 is 0 Å². The second-order valence-corrected chi connectivity index (χ2v) is 11.2. The summed E-state index contributed by atoms with van der Waals surface area (Å²) in [7, 11) is -4.05. The third-order valence-electron chi connectivity index (χ3n) is 5.60. The molecule has 2 fully saturated rings. The highest BCUT2D eigenvalue weighted by Gasteiger charge is 2.56. The van der Waals surface area contributed by atoms with E-state index in [0.717, 1.165) is 5.56 Å². The Morgan fingerprint density at radius 1 is 1.11 bits per heavy atom. The molecule has 11 heteroatoms. The zero-order valence-corrected chi connectivity index (χ0v) is 21.9. The van der Waals surface area contributed by atoms with Crippen LogP contribution >= 0.6 is 7.75 Å². The lowest BCUT2D eigenvalue weighted by Crippen LogP contribution is -2.38. The Bertz CT molecular complexity index is 1070. The zero-order chi connectivity index (χ0) is 25.9. The van der Waals surface area contributed by atoms with Crippen molar-refractivity contribution < 1.29 is 37.4 Å². The van der Waals surface area contributed by atoms with Gasteiger partial charge in [-0.3, -0.25) is 14.3 Å². The van der Waals surface area contributed by atoms with Gasteiger partial charge in [-0.2, -0.15) is 5.09 Å². The van der Waals surface area contributed by atoms with Crippen molar-refractivity contribution in [2.75, 3.05) is 6.61 Å². The van der Waals surface area contributed by atoms with E-state index < -0.39 is 50.0 Å². The number of esters is 1. The first-order chi connectivity index (χ1) is 17.1.